The molecule has 126 valence electrons. The van der Waals surface area contributed by atoms with Gasteiger partial charge in [-0.1, -0.05) is 18.2 Å². The van der Waals surface area contributed by atoms with Gasteiger partial charge in [0.05, 0.1) is 18.8 Å². The van der Waals surface area contributed by atoms with Crippen LogP contribution in [-0.4, -0.2) is 34.9 Å². The average molecular weight is 327 g/mol. The number of hydrogen-bond donors (Lipinski definition) is 1. The van der Waals surface area contributed by atoms with Gasteiger partial charge < -0.3 is 5.32 Å². The Morgan fingerprint density at radius 3 is 2.79 bits per heavy atom. The van der Waals surface area contributed by atoms with Crippen LogP contribution in [0, 0.1) is 5.82 Å². The predicted octanol–water partition coefficient (Wildman–Crippen LogP) is 2.71. The second-order valence-corrected chi connectivity index (χ2v) is 6.36. The molecular weight excluding hydrogens is 305 g/mol. The van der Waals surface area contributed by atoms with E-state index in [0.717, 1.165) is 24.2 Å². The molecule has 2 aromatic rings. The summed E-state index contributed by atoms with van der Waals surface area (Å²) in [4.78, 5) is 18.6. The van der Waals surface area contributed by atoms with Crippen molar-refractivity contribution in [2.24, 2.45) is 0 Å². The number of carbonyl (C=O) groups is 1. The van der Waals surface area contributed by atoms with Crippen LogP contribution in [0.25, 0.3) is 0 Å². The minimum atomic E-state index is -0.212. The molecule has 0 aliphatic carbocycles. The number of nitrogens with one attached hydrogen (secondary N) is 1. The summed E-state index contributed by atoms with van der Waals surface area (Å²) in [5.74, 6) is 0.145. The van der Waals surface area contributed by atoms with E-state index >= 15 is 0 Å². The lowest BCUT2D eigenvalue weighted by atomic mass is 9.97. The molecule has 5 heteroatoms. The quantitative estimate of drug-likeness (QED) is 0.918. The summed E-state index contributed by atoms with van der Waals surface area (Å²) in [7, 11) is 0. The van der Waals surface area contributed by atoms with Crippen LogP contribution in [-0.2, 0) is 11.3 Å². The number of aromatic nitrogens is 1. The number of nitrogens with zero attached hydrogens (tertiary/aromatic N) is 2. The highest BCUT2D eigenvalue weighted by molar-refractivity contribution is 5.78. The molecule has 0 saturated carbocycles. The second-order valence-electron chi connectivity index (χ2n) is 6.36. The van der Waals surface area contributed by atoms with E-state index in [1.807, 2.05) is 30.3 Å². The van der Waals surface area contributed by atoms with Gasteiger partial charge in [-0.2, -0.15) is 0 Å². The van der Waals surface area contributed by atoms with E-state index in [1.165, 1.54) is 12.1 Å². The summed E-state index contributed by atoms with van der Waals surface area (Å²) in [6, 6.07) is 12.7. The molecule has 1 saturated heterocycles. The Kier molecular flexibility index (Phi) is 5.20. The van der Waals surface area contributed by atoms with Crippen LogP contribution >= 0.6 is 0 Å². The SMILES string of the molecule is C[C@@H]1C[C@H](c2ccc(F)cc2)CN1CC(=O)NCc1ccccn1. The largest absolute Gasteiger partial charge is 0.349 e. The number of benzene rings is 1. The van der Waals surface area contributed by atoms with E-state index in [4.69, 9.17) is 0 Å². The third-order valence-electron chi connectivity index (χ3n) is 4.58. The normalized spacial score (nSPS) is 20.9. The first-order valence-electron chi connectivity index (χ1n) is 8.28. The molecule has 1 aliphatic heterocycles. The molecule has 1 fully saturated rings. The third kappa shape index (κ3) is 4.17. The molecule has 1 amide bonds. The Morgan fingerprint density at radius 1 is 1.29 bits per heavy atom. The first-order valence-corrected chi connectivity index (χ1v) is 8.28. The molecule has 0 unspecified atom stereocenters. The van der Waals surface area contributed by atoms with E-state index in [2.05, 4.69) is 22.1 Å². The van der Waals surface area contributed by atoms with Crippen LogP contribution in [0.5, 0.6) is 0 Å². The number of carbonyl (C=O) groups excluding carboxylic acids is 1. The summed E-state index contributed by atoms with van der Waals surface area (Å²) in [5.41, 5.74) is 1.99. The van der Waals surface area contributed by atoms with Gasteiger partial charge in [-0.05, 0) is 49.1 Å². The highest BCUT2D eigenvalue weighted by Gasteiger charge is 2.31. The maximum absolute atomic E-state index is 13.1. The summed E-state index contributed by atoms with van der Waals surface area (Å²) in [6.45, 7) is 3.79. The van der Waals surface area contributed by atoms with Gasteiger partial charge in [0.25, 0.3) is 0 Å². The maximum Gasteiger partial charge on any atom is 0.234 e. The molecule has 1 aromatic carbocycles. The van der Waals surface area contributed by atoms with Crippen molar-refractivity contribution >= 4 is 5.91 Å². The Hall–Kier alpha value is -2.27. The molecule has 3 rings (SSSR count). The van der Waals surface area contributed by atoms with Gasteiger partial charge in [-0.3, -0.25) is 14.7 Å². The van der Waals surface area contributed by atoms with Crippen molar-refractivity contribution in [3.8, 4) is 0 Å². The van der Waals surface area contributed by atoms with Crippen LogP contribution in [0.3, 0.4) is 0 Å². The lowest BCUT2D eigenvalue weighted by Crippen LogP contribution is -2.38. The first kappa shape index (κ1) is 16.6. The standard InChI is InChI=1S/C19H22FN3O/c1-14-10-16(15-5-7-17(20)8-6-15)12-23(14)13-19(24)22-11-18-4-2-3-9-21-18/h2-9,14,16H,10-13H2,1H3,(H,22,24)/t14-,16+/m1/s1. The summed E-state index contributed by atoms with van der Waals surface area (Å²) >= 11 is 0. The molecule has 2 atom stereocenters. The Balaban J connectivity index is 1.51. The molecule has 1 N–H and O–H groups in total. The van der Waals surface area contributed by atoms with Crippen LogP contribution < -0.4 is 5.32 Å². The van der Waals surface area contributed by atoms with Gasteiger partial charge in [0.15, 0.2) is 0 Å². The molecule has 0 spiro atoms. The molecular formula is C19H22FN3O. The smallest absolute Gasteiger partial charge is 0.234 e. The number of likely N-dealkylation sites (tertiary alicyclic amines) is 1. The van der Waals surface area contributed by atoms with Gasteiger partial charge >= 0.3 is 0 Å². The predicted molar refractivity (Wildman–Crippen MR) is 90.9 cm³/mol. The van der Waals surface area contributed by atoms with Gasteiger partial charge in [0.2, 0.25) is 5.91 Å². The van der Waals surface area contributed by atoms with Crippen molar-refractivity contribution in [2.45, 2.75) is 31.8 Å². The van der Waals surface area contributed by atoms with E-state index in [0.29, 0.717) is 25.0 Å². The summed E-state index contributed by atoms with van der Waals surface area (Å²) in [6.07, 6.45) is 2.70. The molecule has 4 nitrogen and oxygen atoms in total. The fourth-order valence-corrected chi connectivity index (χ4v) is 3.23. The highest BCUT2D eigenvalue weighted by atomic mass is 19.1. The molecule has 0 radical (unpaired) electrons. The van der Waals surface area contributed by atoms with Crippen molar-refractivity contribution in [3.05, 3.63) is 65.7 Å². The number of halogens is 1. The fraction of sp³-hybridized carbons (Fsp3) is 0.368. The van der Waals surface area contributed by atoms with Crippen LogP contribution in [0.15, 0.2) is 48.7 Å². The second kappa shape index (κ2) is 7.53. The summed E-state index contributed by atoms with van der Waals surface area (Å²) in [5, 5.41) is 2.92. The number of pyridine rings is 1. The minimum absolute atomic E-state index is 0.00672. The first-order chi connectivity index (χ1) is 11.6. The molecule has 2 heterocycles. The van der Waals surface area contributed by atoms with Crippen LogP contribution in [0.2, 0.25) is 0 Å². The number of rotatable bonds is 5. The average Bonchev–Trinajstić information content (AvgIpc) is 2.95. The zero-order chi connectivity index (χ0) is 16.9. The Morgan fingerprint density at radius 2 is 2.08 bits per heavy atom. The zero-order valence-corrected chi connectivity index (χ0v) is 13.8. The zero-order valence-electron chi connectivity index (χ0n) is 13.8. The van der Waals surface area contributed by atoms with Crippen molar-refractivity contribution < 1.29 is 9.18 Å². The number of hydrogen-bond acceptors (Lipinski definition) is 3. The van der Waals surface area contributed by atoms with Crippen LogP contribution in [0.4, 0.5) is 4.39 Å². The van der Waals surface area contributed by atoms with Crippen molar-refractivity contribution in [3.63, 3.8) is 0 Å². The van der Waals surface area contributed by atoms with Crippen molar-refractivity contribution in [2.75, 3.05) is 13.1 Å². The van der Waals surface area contributed by atoms with Gasteiger partial charge in [-0.15, -0.1) is 0 Å². The Labute approximate surface area is 141 Å². The summed E-state index contributed by atoms with van der Waals surface area (Å²) < 4.78 is 13.1. The number of amides is 1. The topological polar surface area (TPSA) is 45.2 Å². The van der Waals surface area contributed by atoms with Crippen LogP contribution in [0.1, 0.15) is 30.5 Å². The van der Waals surface area contributed by atoms with E-state index in [1.54, 1.807) is 6.20 Å². The van der Waals surface area contributed by atoms with Gasteiger partial charge in [0.1, 0.15) is 5.82 Å². The third-order valence-corrected chi connectivity index (χ3v) is 4.58. The van der Waals surface area contributed by atoms with E-state index in [-0.39, 0.29) is 11.7 Å². The molecule has 24 heavy (non-hydrogen) atoms. The lowest BCUT2D eigenvalue weighted by Gasteiger charge is -2.20. The van der Waals surface area contributed by atoms with Gasteiger partial charge in [0, 0.05) is 18.8 Å². The highest BCUT2D eigenvalue weighted by Crippen LogP contribution is 2.31. The minimum Gasteiger partial charge on any atom is -0.349 e. The van der Waals surface area contributed by atoms with Gasteiger partial charge in [-0.25, -0.2) is 4.39 Å². The molecule has 1 aliphatic rings. The fourth-order valence-electron chi connectivity index (χ4n) is 3.23. The van der Waals surface area contributed by atoms with Crippen molar-refractivity contribution in [1.29, 1.82) is 0 Å². The van der Waals surface area contributed by atoms with Crippen molar-refractivity contribution in [1.82, 2.24) is 15.2 Å². The monoisotopic (exact) mass is 327 g/mol. The maximum atomic E-state index is 13.1. The Bertz CT molecular complexity index is 675. The lowest BCUT2D eigenvalue weighted by molar-refractivity contribution is -0.122. The molecule has 0 bridgehead atoms. The van der Waals surface area contributed by atoms with E-state index in [9.17, 15) is 9.18 Å². The van der Waals surface area contributed by atoms with E-state index < -0.39 is 0 Å². The molecule has 1 aromatic heterocycles.